The molecule has 2 aromatic carbocycles. The Bertz CT molecular complexity index is 1350. The second-order valence-electron chi connectivity index (χ2n) is 10.0. The second kappa shape index (κ2) is 14.6. The maximum absolute atomic E-state index is 12.5. The van der Waals surface area contributed by atoms with Crippen LogP contribution in [-0.2, 0) is 29.1 Å². The Hall–Kier alpha value is -3.52. The average molecular weight is 548 g/mol. The highest BCUT2D eigenvalue weighted by Crippen LogP contribution is 2.27. The van der Waals surface area contributed by atoms with Crippen molar-refractivity contribution >= 4 is 33.3 Å². The van der Waals surface area contributed by atoms with Gasteiger partial charge < -0.3 is 14.5 Å². The molecule has 0 bridgehead atoms. The number of carboxylic acid groups (broad SMARTS) is 1. The van der Waals surface area contributed by atoms with Crippen LogP contribution in [0.3, 0.4) is 0 Å². The summed E-state index contributed by atoms with van der Waals surface area (Å²) in [5.74, 6) is -1.20. The third-order valence-corrected chi connectivity index (χ3v) is 7.95. The quantitative estimate of drug-likeness (QED) is 0.121. The summed E-state index contributed by atoms with van der Waals surface area (Å²) < 4.78 is 6.59. The van der Waals surface area contributed by atoms with Crippen LogP contribution in [0.25, 0.3) is 21.5 Å². The van der Waals surface area contributed by atoms with Gasteiger partial charge in [-0.3, -0.25) is 4.79 Å². The molecule has 0 atom stereocenters. The van der Waals surface area contributed by atoms with Crippen LogP contribution in [0.4, 0.5) is 0 Å². The predicted molar refractivity (Wildman–Crippen MR) is 154 cm³/mol. The van der Waals surface area contributed by atoms with Crippen molar-refractivity contribution in [3.05, 3.63) is 70.9 Å². The number of carbonyl (C=O) groups excluding carboxylic acids is 1. The number of benzene rings is 2. The number of carbonyl (C=O) groups is 2. The molecule has 39 heavy (non-hydrogen) atoms. The number of aromatic nitrogens is 2. The topological polar surface area (TPSA) is 96.5 Å². The zero-order valence-electron chi connectivity index (χ0n) is 22.6. The SMILES string of the molecule is CCCCCCCCCCCc1noc(-c2ccc(CN(Cc3csc4ccccc34)C(=O)C(=O)O)cc2)n1. The van der Waals surface area contributed by atoms with Crippen LogP contribution in [0.15, 0.2) is 58.4 Å². The van der Waals surface area contributed by atoms with Crippen molar-refractivity contribution in [2.75, 3.05) is 0 Å². The Balaban J connectivity index is 1.30. The number of nitrogens with zero attached hydrogens (tertiary/aromatic N) is 3. The molecule has 8 heteroatoms. The van der Waals surface area contributed by atoms with Gasteiger partial charge in [0.2, 0.25) is 0 Å². The van der Waals surface area contributed by atoms with Gasteiger partial charge in [0.15, 0.2) is 5.82 Å². The lowest BCUT2D eigenvalue weighted by Crippen LogP contribution is -2.35. The van der Waals surface area contributed by atoms with Gasteiger partial charge in [-0.2, -0.15) is 4.98 Å². The van der Waals surface area contributed by atoms with Crippen molar-refractivity contribution in [3.8, 4) is 11.5 Å². The summed E-state index contributed by atoms with van der Waals surface area (Å²) in [7, 11) is 0. The van der Waals surface area contributed by atoms with Gasteiger partial charge >= 0.3 is 11.9 Å². The van der Waals surface area contributed by atoms with Crippen molar-refractivity contribution in [1.29, 1.82) is 0 Å². The zero-order chi connectivity index (χ0) is 27.5. The molecule has 2 heterocycles. The van der Waals surface area contributed by atoms with E-state index in [1.165, 1.54) is 56.3 Å². The summed E-state index contributed by atoms with van der Waals surface area (Å²) in [4.78, 5) is 29.9. The van der Waals surface area contributed by atoms with Crippen LogP contribution in [-0.4, -0.2) is 32.0 Å². The molecule has 1 amide bonds. The maximum atomic E-state index is 12.5. The lowest BCUT2D eigenvalue weighted by molar-refractivity contribution is -0.156. The van der Waals surface area contributed by atoms with E-state index >= 15 is 0 Å². The largest absolute Gasteiger partial charge is 0.474 e. The molecule has 206 valence electrons. The zero-order valence-corrected chi connectivity index (χ0v) is 23.4. The molecule has 0 fully saturated rings. The fourth-order valence-electron chi connectivity index (χ4n) is 4.74. The molecule has 0 spiro atoms. The van der Waals surface area contributed by atoms with Crippen molar-refractivity contribution in [3.63, 3.8) is 0 Å². The molecule has 0 aliphatic heterocycles. The van der Waals surface area contributed by atoms with Gasteiger partial charge in [-0.1, -0.05) is 93.8 Å². The van der Waals surface area contributed by atoms with Gasteiger partial charge in [-0.15, -0.1) is 11.3 Å². The molecule has 1 N–H and O–H groups in total. The van der Waals surface area contributed by atoms with Crippen LogP contribution in [0, 0.1) is 0 Å². The minimum Gasteiger partial charge on any atom is -0.474 e. The van der Waals surface area contributed by atoms with E-state index in [1.54, 1.807) is 11.3 Å². The molecule has 0 saturated carbocycles. The number of fused-ring (bicyclic) bond motifs is 1. The highest BCUT2D eigenvalue weighted by atomic mass is 32.1. The Morgan fingerprint density at radius 1 is 0.897 bits per heavy atom. The predicted octanol–water partition coefficient (Wildman–Crippen LogP) is 7.64. The van der Waals surface area contributed by atoms with E-state index in [-0.39, 0.29) is 13.1 Å². The molecule has 2 aromatic heterocycles. The molecule has 4 rings (SSSR count). The third-order valence-electron chi connectivity index (χ3n) is 6.94. The monoisotopic (exact) mass is 547 g/mol. The molecule has 0 radical (unpaired) electrons. The molecule has 0 aliphatic rings. The summed E-state index contributed by atoms with van der Waals surface area (Å²) in [6.07, 6.45) is 12.3. The van der Waals surface area contributed by atoms with E-state index in [0.717, 1.165) is 45.4 Å². The lowest BCUT2D eigenvalue weighted by atomic mass is 10.1. The highest BCUT2D eigenvalue weighted by Gasteiger charge is 2.23. The molecular formula is C31H37N3O4S. The normalized spacial score (nSPS) is 11.2. The summed E-state index contributed by atoms with van der Waals surface area (Å²) in [6.45, 7) is 2.65. The van der Waals surface area contributed by atoms with Crippen molar-refractivity contribution < 1.29 is 19.2 Å². The van der Waals surface area contributed by atoms with Crippen LogP contribution < -0.4 is 0 Å². The maximum Gasteiger partial charge on any atom is 0.394 e. The summed E-state index contributed by atoms with van der Waals surface area (Å²) >= 11 is 1.59. The third kappa shape index (κ3) is 8.23. The summed E-state index contributed by atoms with van der Waals surface area (Å²) in [5, 5.41) is 16.6. The number of hydrogen-bond donors (Lipinski definition) is 1. The smallest absolute Gasteiger partial charge is 0.394 e. The number of hydrogen-bond acceptors (Lipinski definition) is 6. The number of carboxylic acids is 1. The van der Waals surface area contributed by atoms with E-state index in [9.17, 15) is 14.7 Å². The Labute approximate surface area is 233 Å². The first-order valence-corrected chi connectivity index (χ1v) is 14.8. The van der Waals surface area contributed by atoms with E-state index in [2.05, 4.69) is 17.1 Å². The van der Waals surface area contributed by atoms with Gasteiger partial charge in [0.05, 0.1) is 0 Å². The van der Waals surface area contributed by atoms with Crippen LogP contribution in [0.2, 0.25) is 0 Å². The first kappa shape index (κ1) is 28.5. The molecule has 7 nitrogen and oxygen atoms in total. The average Bonchev–Trinajstić information content (AvgIpc) is 3.59. The van der Waals surface area contributed by atoms with Gasteiger partial charge in [0, 0.05) is 29.8 Å². The van der Waals surface area contributed by atoms with E-state index in [4.69, 9.17) is 4.52 Å². The molecule has 4 aromatic rings. The minimum absolute atomic E-state index is 0.184. The van der Waals surface area contributed by atoms with E-state index < -0.39 is 11.9 Å². The summed E-state index contributed by atoms with van der Waals surface area (Å²) in [6, 6.07) is 15.4. The standard InChI is InChI=1S/C31H37N3O4S/c1-2-3-4-5-6-7-8-9-10-15-28-32-29(38-33-28)24-18-16-23(17-19-24)20-34(30(35)31(36)37)21-25-22-39-27-14-12-11-13-26(25)27/h11-14,16-19,22H,2-10,15,20-21H2,1H3,(H,36,37). The van der Waals surface area contributed by atoms with Gasteiger partial charge in [0.1, 0.15) is 0 Å². The van der Waals surface area contributed by atoms with Gasteiger partial charge in [-0.05, 0) is 46.5 Å². The van der Waals surface area contributed by atoms with Gasteiger partial charge in [0.25, 0.3) is 5.89 Å². The van der Waals surface area contributed by atoms with Crippen molar-refractivity contribution in [2.24, 2.45) is 0 Å². The molecule has 0 unspecified atom stereocenters. The number of rotatable bonds is 15. The molecule has 0 saturated heterocycles. The highest BCUT2D eigenvalue weighted by molar-refractivity contribution is 7.17. The van der Waals surface area contributed by atoms with E-state index in [1.807, 2.05) is 53.9 Å². The first-order chi connectivity index (χ1) is 19.0. The fourth-order valence-corrected chi connectivity index (χ4v) is 5.69. The second-order valence-corrected chi connectivity index (χ2v) is 10.9. The van der Waals surface area contributed by atoms with Crippen LogP contribution in [0.1, 0.15) is 81.7 Å². The molecular weight excluding hydrogens is 510 g/mol. The van der Waals surface area contributed by atoms with Crippen molar-refractivity contribution in [1.82, 2.24) is 15.0 Å². The summed E-state index contributed by atoms with van der Waals surface area (Å²) in [5.41, 5.74) is 2.55. The minimum atomic E-state index is -1.46. The number of aryl methyl sites for hydroxylation is 1. The Morgan fingerprint density at radius 2 is 1.59 bits per heavy atom. The number of amides is 1. The van der Waals surface area contributed by atoms with Crippen LogP contribution in [0.5, 0.6) is 0 Å². The first-order valence-electron chi connectivity index (χ1n) is 13.9. The number of unbranched alkanes of at least 4 members (excludes halogenated alkanes) is 8. The Kier molecular flexibility index (Phi) is 10.7. The van der Waals surface area contributed by atoms with Crippen LogP contribution >= 0.6 is 11.3 Å². The Morgan fingerprint density at radius 3 is 2.31 bits per heavy atom. The number of aliphatic carboxylic acids is 1. The lowest BCUT2D eigenvalue weighted by Gasteiger charge is -2.21. The van der Waals surface area contributed by atoms with Gasteiger partial charge in [-0.25, -0.2) is 4.79 Å². The van der Waals surface area contributed by atoms with Crippen molar-refractivity contribution in [2.45, 2.75) is 84.2 Å². The molecule has 0 aliphatic carbocycles. The van der Waals surface area contributed by atoms with E-state index in [0.29, 0.717) is 5.89 Å². The fraction of sp³-hybridized carbons (Fsp3) is 0.419. The number of thiophene rings is 1.